The fourth-order valence-electron chi connectivity index (χ4n) is 1.26. The molecule has 1 heterocycles. The van der Waals surface area contributed by atoms with Gasteiger partial charge in [0, 0.05) is 22.8 Å². The standard InChI is InChI=1S/C12H7Cl4NO/c13-9-2-1-3-10(6-9)18-11-5-4-8(7-17-11)12(14,15)16/h1-7H. The molecule has 0 aliphatic carbocycles. The lowest BCUT2D eigenvalue weighted by Gasteiger charge is -2.11. The van der Waals surface area contributed by atoms with Gasteiger partial charge in [0.2, 0.25) is 9.67 Å². The molecule has 1 aromatic heterocycles. The Labute approximate surface area is 124 Å². The lowest BCUT2D eigenvalue weighted by Crippen LogP contribution is -2.00. The highest BCUT2D eigenvalue weighted by Crippen LogP contribution is 2.38. The van der Waals surface area contributed by atoms with Crippen molar-refractivity contribution in [3.8, 4) is 11.6 Å². The first-order chi connectivity index (χ1) is 8.45. The second-order valence-corrected chi connectivity index (χ2v) is 6.16. The Hall–Kier alpha value is -0.670. The Morgan fingerprint density at radius 3 is 2.39 bits per heavy atom. The van der Waals surface area contributed by atoms with Crippen LogP contribution in [0.1, 0.15) is 5.56 Å². The van der Waals surface area contributed by atoms with Crippen molar-refractivity contribution in [1.82, 2.24) is 4.98 Å². The zero-order chi connectivity index (χ0) is 13.2. The van der Waals surface area contributed by atoms with Crippen LogP contribution in [0, 0.1) is 0 Å². The van der Waals surface area contributed by atoms with Crippen LogP contribution in [-0.2, 0) is 3.79 Å². The van der Waals surface area contributed by atoms with Gasteiger partial charge in [-0.05, 0) is 24.3 Å². The minimum Gasteiger partial charge on any atom is -0.439 e. The van der Waals surface area contributed by atoms with Gasteiger partial charge in [0.1, 0.15) is 5.75 Å². The van der Waals surface area contributed by atoms with Crippen LogP contribution in [-0.4, -0.2) is 4.98 Å². The number of pyridine rings is 1. The molecule has 0 fully saturated rings. The normalized spacial score (nSPS) is 11.3. The SMILES string of the molecule is Clc1cccc(Oc2ccc(C(Cl)(Cl)Cl)cn2)c1. The van der Waals surface area contributed by atoms with Gasteiger partial charge in [-0.2, -0.15) is 0 Å². The van der Waals surface area contributed by atoms with Crippen molar-refractivity contribution in [3.63, 3.8) is 0 Å². The third kappa shape index (κ3) is 3.66. The minimum atomic E-state index is -1.48. The average molecular weight is 323 g/mol. The molecule has 2 nitrogen and oxygen atoms in total. The number of hydrogen-bond donors (Lipinski definition) is 0. The van der Waals surface area contributed by atoms with Crippen LogP contribution in [0.15, 0.2) is 42.6 Å². The van der Waals surface area contributed by atoms with E-state index in [1.165, 1.54) is 6.20 Å². The summed E-state index contributed by atoms with van der Waals surface area (Å²) in [5.41, 5.74) is 0.478. The van der Waals surface area contributed by atoms with Crippen molar-refractivity contribution < 1.29 is 4.74 Å². The van der Waals surface area contributed by atoms with Crippen LogP contribution in [0.2, 0.25) is 5.02 Å². The Bertz CT molecular complexity index is 537. The number of halogens is 4. The zero-order valence-corrected chi connectivity index (χ0v) is 11.9. The average Bonchev–Trinajstić information content (AvgIpc) is 2.28. The molecule has 0 aliphatic rings. The Kier molecular flexibility index (Phi) is 4.23. The summed E-state index contributed by atoms with van der Waals surface area (Å²) in [4.78, 5) is 4.05. The van der Waals surface area contributed by atoms with E-state index in [1.807, 2.05) is 0 Å². The highest BCUT2D eigenvalue weighted by Gasteiger charge is 2.22. The summed E-state index contributed by atoms with van der Waals surface area (Å²) in [6.45, 7) is 0. The largest absolute Gasteiger partial charge is 0.439 e. The first-order valence-corrected chi connectivity index (χ1v) is 6.43. The first-order valence-electron chi connectivity index (χ1n) is 4.92. The van der Waals surface area contributed by atoms with E-state index in [4.69, 9.17) is 51.1 Å². The van der Waals surface area contributed by atoms with Crippen molar-refractivity contribution in [1.29, 1.82) is 0 Å². The van der Waals surface area contributed by atoms with Gasteiger partial charge >= 0.3 is 0 Å². The lowest BCUT2D eigenvalue weighted by atomic mass is 10.3. The third-order valence-electron chi connectivity index (χ3n) is 2.08. The van der Waals surface area contributed by atoms with Crippen molar-refractivity contribution in [2.24, 2.45) is 0 Å². The smallest absolute Gasteiger partial charge is 0.219 e. The molecule has 0 spiro atoms. The fraction of sp³-hybridized carbons (Fsp3) is 0.0833. The lowest BCUT2D eigenvalue weighted by molar-refractivity contribution is 0.462. The summed E-state index contributed by atoms with van der Waals surface area (Å²) >= 11 is 23.0. The van der Waals surface area contributed by atoms with Crippen molar-refractivity contribution in [2.45, 2.75) is 3.79 Å². The Balaban J connectivity index is 2.16. The Morgan fingerprint density at radius 2 is 1.83 bits per heavy atom. The summed E-state index contributed by atoms with van der Waals surface area (Å²) in [6, 6.07) is 10.3. The molecule has 0 atom stereocenters. The molecule has 2 aromatic rings. The Morgan fingerprint density at radius 1 is 1.06 bits per heavy atom. The van der Waals surface area contributed by atoms with Crippen molar-refractivity contribution in [3.05, 3.63) is 53.2 Å². The topological polar surface area (TPSA) is 22.1 Å². The molecule has 0 unspecified atom stereocenters. The van der Waals surface area contributed by atoms with E-state index in [1.54, 1.807) is 36.4 Å². The van der Waals surface area contributed by atoms with Crippen molar-refractivity contribution >= 4 is 46.4 Å². The van der Waals surface area contributed by atoms with E-state index in [9.17, 15) is 0 Å². The molecule has 18 heavy (non-hydrogen) atoms. The molecule has 0 N–H and O–H groups in total. The van der Waals surface area contributed by atoms with Gasteiger partial charge in [0.15, 0.2) is 0 Å². The van der Waals surface area contributed by atoms with Crippen LogP contribution in [0.3, 0.4) is 0 Å². The molecule has 0 radical (unpaired) electrons. The van der Waals surface area contributed by atoms with Crippen LogP contribution < -0.4 is 4.74 Å². The fourth-order valence-corrected chi connectivity index (χ4v) is 1.78. The molecule has 0 bridgehead atoms. The van der Waals surface area contributed by atoms with Crippen LogP contribution in [0.5, 0.6) is 11.6 Å². The van der Waals surface area contributed by atoms with E-state index in [0.29, 0.717) is 22.2 Å². The predicted molar refractivity (Wildman–Crippen MR) is 75.0 cm³/mol. The number of hydrogen-bond acceptors (Lipinski definition) is 2. The number of alkyl halides is 3. The van der Waals surface area contributed by atoms with Crippen LogP contribution in [0.25, 0.3) is 0 Å². The molecular weight excluding hydrogens is 316 g/mol. The van der Waals surface area contributed by atoms with Gasteiger partial charge in [0.05, 0.1) is 0 Å². The minimum absolute atomic E-state index is 0.398. The summed E-state index contributed by atoms with van der Waals surface area (Å²) in [5, 5.41) is 0.588. The summed E-state index contributed by atoms with van der Waals surface area (Å²) < 4.78 is 4.02. The van der Waals surface area contributed by atoms with E-state index in [0.717, 1.165) is 0 Å². The van der Waals surface area contributed by atoms with E-state index in [-0.39, 0.29) is 0 Å². The second kappa shape index (κ2) is 5.54. The maximum absolute atomic E-state index is 5.84. The molecule has 0 amide bonds. The summed E-state index contributed by atoms with van der Waals surface area (Å²) in [7, 11) is 0. The van der Waals surface area contributed by atoms with Gasteiger partial charge in [-0.3, -0.25) is 0 Å². The van der Waals surface area contributed by atoms with Gasteiger partial charge in [-0.15, -0.1) is 0 Å². The van der Waals surface area contributed by atoms with Gasteiger partial charge in [-0.1, -0.05) is 52.5 Å². The number of benzene rings is 1. The zero-order valence-electron chi connectivity index (χ0n) is 8.91. The van der Waals surface area contributed by atoms with Gasteiger partial charge in [0.25, 0.3) is 0 Å². The molecule has 94 valence electrons. The molecule has 0 saturated carbocycles. The summed E-state index contributed by atoms with van der Waals surface area (Å²) in [6.07, 6.45) is 1.45. The van der Waals surface area contributed by atoms with Crippen LogP contribution >= 0.6 is 46.4 Å². The first kappa shape index (κ1) is 13.8. The van der Waals surface area contributed by atoms with Gasteiger partial charge < -0.3 is 4.74 Å². The monoisotopic (exact) mass is 321 g/mol. The second-order valence-electron chi connectivity index (χ2n) is 3.44. The molecule has 2 rings (SSSR count). The number of ether oxygens (including phenoxy) is 1. The molecule has 6 heteroatoms. The maximum atomic E-state index is 5.84. The molecule has 1 aromatic carbocycles. The molecule has 0 saturated heterocycles. The number of nitrogens with zero attached hydrogens (tertiary/aromatic N) is 1. The third-order valence-corrected chi connectivity index (χ3v) is 2.97. The molecule has 0 aliphatic heterocycles. The number of aromatic nitrogens is 1. The summed E-state index contributed by atoms with van der Waals surface area (Å²) in [5.74, 6) is 0.993. The van der Waals surface area contributed by atoms with E-state index >= 15 is 0 Å². The van der Waals surface area contributed by atoms with Crippen molar-refractivity contribution in [2.75, 3.05) is 0 Å². The highest BCUT2D eigenvalue weighted by molar-refractivity contribution is 6.66. The van der Waals surface area contributed by atoms with E-state index < -0.39 is 3.79 Å². The highest BCUT2D eigenvalue weighted by atomic mass is 35.6. The van der Waals surface area contributed by atoms with Gasteiger partial charge in [-0.25, -0.2) is 4.98 Å². The predicted octanol–water partition coefficient (Wildman–Crippen LogP) is 5.35. The van der Waals surface area contributed by atoms with E-state index in [2.05, 4.69) is 4.98 Å². The maximum Gasteiger partial charge on any atom is 0.219 e. The van der Waals surface area contributed by atoms with Crippen LogP contribution in [0.4, 0.5) is 0 Å². The number of rotatable bonds is 2. The quantitative estimate of drug-likeness (QED) is 0.695. The molecular formula is C12H7Cl4NO.